The van der Waals surface area contributed by atoms with Gasteiger partial charge in [-0.1, -0.05) is 19.9 Å². The zero-order chi connectivity index (χ0) is 20.6. The van der Waals surface area contributed by atoms with Crippen molar-refractivity contribution in [2.24, 2.45) is 5.92 Å². The van der Waals surface area contributed by atoms with Crippen LogP contribution in [0.1, 0.15) is 61.8 Å². The molecule has 0 unspecified atom stereocenters. The Balaban J connectivity index is 1.42. The Morgan fingerprint density at radius 2 is 1.66 bits per heavy atom. The van der Waals surface area contributed by atoms with Crippen molar-refractivity contribution >= 4 is 21.7 Å². The molecule has 0 saturated carbocycles. The Morgan fingerprint density at radius 3 is 2.21 bits per heavy atom. The van der Waals surface area contributed by atoms with Gasteiger partial charge in [0.25, 0.3) is 0 Å². The minimum Gasteiger partial charge on any atom is -0.307 e. The van der Waals surface area contributed by atoms with E-state index in [4.69, 9.17) is 0 Å². The Labute approximate surface area is 174 Å². The average Bonchev–Trinajstić information content (AvgIpc) is 3.30. The molecule has 1 aliphatic heterocycles. The van der Waals surface area contributed by atoms with Gasteiger partial charge in [0.05, 0.1) is 5.25 Å². The molecule has 1 aromatic carbocycles. The van der Waals surface area contributed by atoms with E-state index in [9.17, 15) is 13.2 Å². The molecule has 1 heterocycles. The standard InChI is InChI=1S/C22H33N3O3S/c1-15(2)14-25-11-9-18(10-12-25)29(27,28)24-22(26)23-21-19-7-3-5-16(19)13-17-6-4-8-20(17)21/h13,15,18H,3-12,14H2,1-2H3,(H2,23,24,26). The number of anilines is 1. The van der Waals surface area contributed by atoms with Gasteiger partial charge >= 0.3 is 6.03 Å². The number of carbonyl (C=O) groups is 1. The van der Waals surface area contributed by atoms with Gasteiger partial charge in [0, 0.05) is 12.2 Å². The van der Waals surface area contributed by atoms with Crippen LogP contribution in [0.5, 0.6) is 0 Å². The van der Waals surface area contributed by atoms with Gasteiger partial charge in [-0.25, -0.2) is 17.9 Å². The van der Waals surface area contributed by atoms with E-state index in [1.54, 1.807) is 0 Å². The van der Waals surface area contributed by atoms with Gasteiger partial charge in [0.15, 0.2) is 0 Å². The molecule has 7 heteroatoms. The summed E-state index contributed by atoms with van der Waals surface area (Å²) in [5.74, 6) is 0.571. The molecule has 3 aliphatic rings. The van der Waals surface area contributed by atoms with Crippen LogP contribution >= 0.6 is 0 Å². The van der Waals surface area contributed by atoms with Crippen molar-refractivity contribution in [3.63, 3.8) is 0 Å². The van der Waals surface area contributed by atoms with Crippen molar-refractivity contribution in [2.75, 3.05) is 25.0 Å². The maximum atomic E-state index is 12.8. The van der Waals surface area contributed by atoms with Crippen molar-refractivity contribution in [1.82, 2.24) is 9.62 Å². The lowest BCUT2D eigenvalue weighted by Crippen LogP contribution is -2.46. The lowest BCUT2D eigenvalue weighted by atomic mass is 9.99. The van der Waals surface area contributed by atoms with Crippen LogP contribution in [-0.2, 0) is 35.7 Å². The molecule has 2 amide bonds. The highest BCUT2D eigenvalue weighted by molar-refractivity contribution is 7.90. The Hall–Kier alpha value is -1.60. The lowest BCUT2D eigenvalue weighted by molar-refractivity contribution is 0.207. The summed E-state index contributed by atoms with van der Waals surface area (Å²) in [6.45, 7) is 6.87. The largest absolute Gasteiger partial charge is 0.332 e. The number of likely N-dealkylation sites (tertiary alicyclic amines) is 1. The maximum absolute atomic E-state index is 12.8. The SMILES string of the molecule is CC(C)CN1CCC(S(=O)(=O)NC(=O)Nc2c3c(cc4c2CCC4)CCC3)CC1. The number of carbonyl (C=O) groups excluding carboxylic acids is 1. The fraction of sp³-hybridized carbons (Fsp3) is 0.682. The Kier molecular flexibility index (Phi) is 5.89. The summed E-state index contributed by atoms with van der Waals surface area (Å²) in [5.41, 5.74) is 5.94. The first-order valence-corrected chi connectivity index (χ1v) is 12.6. The van der Waals surface area contributed by atoms with Gasteiger partial charge in [0.1, 0.15) is 0 Å². The molecule has 2 aliphatic carbocycles. The van der Waals surface area contributed by atoms with E-state index < -0.39 is 21.3 Å². The number of benzene rings is 1. The van der Waals surface area contributed by atoms with E-state index in [-0.39, 0.29) is 0 Å². The highest BCUT2D eigenvalue weighted by Gasteiger charge is 2.32. The fourth-order valence-corrected chi connectivity index (χ4v) is 6.54. The number of urea groups is 1. The minimum absolute atomic E-state index is 0.496. The van der Waals surface area contributed by atoms with Crippen LogP contribution in [0.3, 0.4) is 0 Å². The molecule has 0 atom stereocenters. The van der Waals surface area contributed by atoms with Crippen molar-refractivity contribution in [3.8, 4) is 0 Å². The number of amides is 2. The fourth-order valence-electron chi connectivity index (χ4n) is 5.24. The number of nitrogens with one attached hydrogen (secondary N) is 2. The Morgan fingerprint density at radius 1 is 1.07 bits per heavy atom. The van der Waals surface area contributed by atoms with Gasteiger partial charge in [-0.3, -0.25) is 0 Å². The van der Waals surface area contributed by atoms with E-state index in [1.807, 2.05) is 0 Å². The zero-order valence-corrected chi connectivity index (χ0v) is 18.4. The number of rotatable bonds is 5. The number of fused-ring (bicyclic) bond motifs is 2. The van der Waals surface area contributed by atoms with Gasteiger partial charge < -0.3 is 10.2 Å². The van der Waals surface area contributed by atoms with Gasteiger partial charge in [-0.05, 0) is 92.6 Å². The van der Waals surface area contributed by atoms with E-state index in [2.05, 4.69) is 34.9 Å². The van der Waals surface area contributed by atoms with Crippen LogP contribution in [0.4, 0.5) is 10.5 Å². The maximum Gasteiger partial charge on any atom is 0.332 e. The first kappa shape index (κ1) is 20.7. The highest BCUT2D eigenvalue weighted by Crippen LogP contribution is 2.38. The summed E-state index contributed by atoms with van der Waals surface area (Å²) in [4.78, 5) is 15.0. The minimum atomic E-state index is -3.67. The third kappa shape index (κ3) is 4.45. The monoisotopic (exact) mass is 419 g/mol. The summed E-state index contributed by atoms with van der Waals surface area (Å²) < 4.78 is 27.9. The second kappa shape index (κ2) is 8.26. The molecule has 0 spiro atoms. The van der Waals surface area contributed by atoms with E-state index in [0.29, 0.717) is 18.8 Å². The first-order chi connectivity index (χ1) is 13.8. The molecule has 1 aromatic rings. The predicted octanol–water partition coefficient (Wildman–Crippen LogP) is 3.24. The Bertz CT molecular complexity index is 855. The first-order valence-electron chi connectivity index (χ1n) is 11.0. The van der Waals surface area contributed by atoms with Crippen molar-refractivity contribution in [3.05, 3.63) is 28.3 Å². The van der Waals surface area contributed by atoms with Crippen molar-refractivity contribution in [2.45, 2.75) is 70.5 Å². The molecular weight excluding hydrogens is 386 g/mol. The summed E-state index contributed by atoms with van der Waals surface area (Å²) in [6, 6.07) is 1.69. The number of piperidine rings is 1. The molecule has 1 saturated heterocycles. The molecule has 6 nitrogen and oxygen atoms in total. The van der Waals surface area contributed by atoms with Gasteiger partial charge in [-0.2, -0.15) is 0 Å². The number of sulfonamides is 1. The third-order valence-corrected chi connectivity index (χ3v) is 8.36. The molecule has 2 N–H and O–H groups in total. The van der Waals surface area contributed by atoms with E-state index in [1.165, 1.54) is 22.3 Å². The summed E-state index contributed by atoms with van der Waals surface area (Å²) in [5, 5.41) is 2.44. The summed E-state index contributed by atoms with van der Waals surface area (Å²) >= 11 is 0. The number of nitrogens with zero attached hydrogens (tertiary/aromatic N) is 1. The molecule has 4 rings (SSSR count). The average molecular weight is 420 g/mol. The van der Waals surface area contributed by atoms with Crippen LogP contribution in [-0.4, -0.2) is 44.2 Å². The molecule has 29 heavy (non-hydrogen) atoms. The zero-order valence-electron chi connectivity index (χ0n) is 17.6. The molecule has 0 radical (unpaired) electrons. The number of hydrogen-bond acceptors (Lipinski definition) is 4. The van der Waals surface area contributed by atoms with E-state index in [0.717, 1.165) is 63.8 Å². The highest BCUT2D eigenvalue weighted by atomic mass is 32.2. The van der Waals surface area contributed by atoms with Crippen LogP contribution in [0.2, 0.25) is 0 Å². The van der Waals surface area contributed by atoms with Crippen LogP contribution in [0.15, 0.2) is 6.07 Å². The molecule has 160 valence electrons. The molecular formula is C22H33N3O3S. The number of aryl methyl sites for hydroxylation is 2. The van der Waals surface area contributed by atoms with E-state index >= 15 is 0 Å². The number of hydrogen-bond donors (Lipinski definition) is 2. The van der Waals surface area contributed by atoms with Crippen LogP contribution in [0, 0.1) is 5.92 Å². The molecule has 0 aromatic heterocycles. The second-order valence-corrected chi connectivity index (χ2v) is 11.2. The second-order valence-electron chi connectivity index (χ2n) is 9.23. The normalized spacial score (nSPS) is 20.0. The summed E-state index contributed by atoms with van der Waals surface area (Å²) in [7, 11) is -3.67. The quantitative estimate of drug-likeness (QED) is 0.768. The van der Waals surface area contributed by atoms with Crippen molar-refractivity contribution in [1.29, 1.82) is 0 Å². The summed E-state index contributed by atoms with van der Waals surface area (Å²) in [6.07, 6.45) is 7.36. The van der Waals surface area contributed by atoms with Crippen molar-refractivity contribution < 1.29 is 13.2 Å². The van der Waals surface area contributed by atoms with Gasteiger partial charge in [-0.15, -0.1) is 0 Å². The predicted molar refractivity (Wildman–Crippen MR) is 116 cm³/mol. The molecule has 0 bridgehead atoms. The molecule has 1 fully saturated rings. The third-order valence-electron chi connectivity index (χ3n) is 6.54. The topological polar surface area (TPSA) is 78.5 Å². The lowest BCUT2D eigenvalue weighted by Gasteiger charge is -2.32. The smallest absolute Gasteiger partial charge is 0.307 e. The van der Waals surface area contributed by atoms with Crippen LogP contribution < -0.4 is 10.0 Å². The van der Waals surface area contributed by atoms with Gasteiger partial charge in [0.2, 0.25) is 10.0 Å². The van der Waals surface area contributed by atoms with Crippen LogP contribution in [0.25, 0.3) is 0 Å².